The highest BCUT2D eigenvalue weighted by Gasteiger charge is 2.48. The molecule has 2 aromatic rings. The molecule has 0 spiro atoms. The van der Waals surface area contributed by atoms with Gasteiger partial charge in [0.25, 0.3) is 0 Å². The normalized spacial score (nSPS) is 27.3. The highest BCUT2D eigenvalue weighted by atomic mass is 35.5. The van der Waals surface area contributed by atoms with Gasteiger partial charge < -0.3 is 10.1 Å². The van der Waals surface area contributed by atoms with Crippen LogP contribution in [0.4, 0.5) is 5.82 Å². The van der Waals surface area contributed by atoms with E-state index < -0.39 is 0 Å². The lowest BCUT2D eigenvalue weighted by Gasteiger charge is -2.47. The van der Waals surface area contributed by atoms with E-state index in [4.69, 9.17) is 16.3 Å². The van der Waals surface area contributed by atoms with E-state index >= 15 is 0 Å². The molecule has 3 aliphatic carbocycles. The summed E-state index contributed by atoms with van der Waals surface area (Å²) in [5.41, 5.74) is 1.06. The van der Waals surface area contributed by atoms with Crippen molar-refractivity contribution in [1.82, 2.24) is 14.6 Å². The molecular formula is C18H20ClN5O2. The number of ether oxygens (including phenoxy) is 1. The van der Waals surface area contributed by atoms with Crippen molar-refractivity contribution >= 4 is 28.9 Å². The minimum atomic E-state index is -0.179. The van der Waals surface area contributed by atoms with Crippen molar-refractivity contribution in [1.29, 1.82) is 5.26 Å². The first-order chi connectivity index (χ1) is 12.6. The predicted molar refractivity (Wildman–Crippen MR) is 95.7 cm³/mol. The van der Waals surface area contributed by atoms with E-state index in [1.807, 2.05) is 6.92 Å². The average molecular weight is 374 g/mol. The van der Waals surface area contributed by atoms with Crippen LogP contribution in [0, 0.1) is 29.1 Å². The molecule has 8 heteroatoms. The van der Waals surface area contributed by atoms with Crippen LogP contribution in [-0.4, -0.2) is 33.2 Å². The van der Waals surface area contributed by atoms with Crippen LogP contribution in [0.1, 0.15) is 38.3 Å². The summed E-state index contributed by atoms with van der Waals surface area (Å²) in [5, 5.41) is 16.9. The number of halogens is 1. The summed E-state index contributed by atoms with van der Waals surface area (Å²) in [6.07, 6.45) is 4.32. The molecule has 2 heterocycles. The molecule has 2 aromatic heterocycles. The van der Waals surface area contributed by atoms with Gasteiger partial charge in [0, 0.05) is 6.04 Å². The molecule has 2 bridgehead atoms. The van der Waals surface area contributed by atoms with Crippen molar-refractivity contribution in [3.05, 3.63) is 23.1 Å². The van der Waals surface area contributed by atoms with Crippen LogP contribution in [0.25, 0.3) is 5.52 Å². The van der Waals surface area contributed by atoms with Gasteiger partial charge >= 0.3 is 5.97 Å². The SMILES string of the molecule is CCOC(=O)[C@H]1C2CCC(CC2)[C@@H]1Nc1nc(Cl)nn2c(C#N)ccc12. The minimum absolute atomic E-state index is 0.0447. The summed E-state index contributed by atoms with van der Waals surface area (Å²) < 4.78 is 6.83. The van der Waals surface area contributed by atoms with E-state index in [1.54, 1.807) is 12.1 Å². The zero-order valence-electron chi connectivity index (χ0n) is 14.5. The quantitative estimate of drug-likeness (QED) is 0.828. The maximum Gasteiger partial charge on any atom is 0.311 e. The number of nitrogens with zero attached hydrogens (tertiary/aromatic N) is 4. The number of nitriles is 1. The lowest BCUT2D eigenvalue weighted by atomic mass is 9.61. The summed E-state index contributed by atoms with van der Waals surface area (Å²) in [7, 11) is 0. The third kappa shape index (κ3) is 2.78. The first-order valence-corrected chi connectivity index (χ1v) is 9.38. The molecule has 3 saturated carbocycles. The van der Waals surface area contributed by atoms with Gasteiger partial charge in [0.15, 0.2) is 5.82 Å². The second kappa shape index (κ2) is 6.76. The molecular weight excluding hydrogens is 354 g/mol. The van der Waals surface area contributed by atoms with Gasteiger partial charge in [0.1, 0.15) is 17.3 Å². The molecule has 2 atom stereocenters. The van der Waals surface area contributed by atoms with E-state index in [9.17, 15) is 10.1 Å². The van der Waals surface area contributed by atoms with Crippen molar-refractivity contribution in [2.75, 3.05) is 11.9 Å². The predicted octanol–water partition coefficient (Wildman–Crippen LogP) is 3.03. The summed E-state index contributed by atoms with van der Waals surface area (Å²) in [6, 6.07) is 5.52. The van der Waals surface area contributed by atoms with Gasteiger partial charge in [0.05, 0.1) is 12.5 Å². The van der Waals surface area contributed by atoms with Crippen LogP contribution in [0.5, 0.6) is 0 Å². The molecule has 0 unspecified atom stereocenters. The highest BCUT2D eigenvalue weighted by molar-refractivity contribution is 6.28. The number of hydrogen-bond acceptors (Lipinski definition) is 6. The van der Waals surface area contributed by atoms with Gasteiger partial charge in [0.2, 0.25) is 5.28 Å². The van der Waals surface area contributed by atoms with Crippen molar-refractivity contribution in [2.24, 2.45) is 17.8 Å². The Bertz CT molecular complexity index is 882. The minimum Gasteiger partial charge on any atom is -0.466 e. The molecule has 0 radical (unpaired) electrons. The first kappa shape index (κ1) is 17.1. The lowest BCUT2D eigenvalue weighted by molar-refractivity contribution is -0.154. The molecule has 0 saturated heterocycles. The van der Waals surface area contributed by atoms with Gasteiger partial charge in [-0.1, -0.05) is 0 Å². The van der Waals surface area contributed by atoms with Crippen molar-refractivity contribution in [2.45, 2.75) is 38.6 Å². The van der Waals surface area contributed by atoms with E-state index in [-0.39, 0.29) is 23.2 Å². The Balaban J connectivity index is 1.71. The molecule has 0 aromatic carbocycles. The fourth-order valence-electron chi connectivity index (χ4n) is 4.55. The van der Waals surface area contributed by atoms with Gasteiger partial charge in [-0.2, -0.15) is 10.2 Å². The van der Waals surface area contributed by atoms with Crippen LogP contribution in [0.2, 0.25) is 5.28 Å². The van der Waals surface area contributed by atoms with Crippen molar-refractivity contribution < 1.29 is 9.53 Å². The summed E-state index contributed by atoms with van der Waals surface area (Å²) >= 11 is 6.07. The van der Waals surface area contributed by atoms with Gasteiger partial charge in [-0.05, 0) is 68.2 Å². The number of aromatic nitrogens is 3. The van der Waals surface area contributed by atoms with E-state index in [2.05, 4.69) is 21.5 Å². The second-order valence-corrected chi connectivity index (χ2v) is 7.32. The monoisotopic (exact) mass is 373 g/mol. The molecule has 136 valence electrons. The fraction of sp³-hybridized carbons (Fsp3) is 0.556. The molecule has 3 fully saturated rings. The molecule has 0 aliphatic heterocycles. The second-order valence-electron chi connectivity index (χ2n) is 6.98. The molecule has 7 nitrogen and oxygen atoms in total. The Morgan fingerprint density at radius 1 is 1.38 bits per heavy atom. The van der Waals surface area contributed by atoms with Gasteiger partial charge in [-0.3, -0.25) is 4.79 Å². The van der Waals surface area contributed by atoms with Crippen LogP contribution in [0.3, 0.4) is 0 Å². The number of nitrogens with one attached hydrogen (secondary N) is 1. The Kier molecular flexibility index (Phi) is 4.45. The van der Waals surface area contributed by atoms with Crippen molar-refractivity contribution in [3.8, 4) is 6.07 Å². The number of rotatable bonds is 4. The summed E-state index contributed by atoms with van der Waals surface area (Å²) in [4.78, 5) is 16.9. The summed E-state index contributed by atoms with van der Waals surface area (Å²) in [5.74, 6) is 0.976. The Morgan fingerprint density at radius 2 is 2.12 bits per heavy atom. The number of hydrogen-bond donors (Lipinski definition) is 1. The molecule has 3 aliphatic rings. The topological polar surface area (TPSA) is 92.3 Å². The highest BCUT2D eigenvalue weighted by Crippen LogP contribution is 2.46. The molecule has 0 amide bonds. The zero-order chi connectivity index (χ0) is 18.3. The smallest absolute Gasteiger partial charge is 0.311 e. The number of carbonyl (C=O) groups is 1. The third-order valence-electron chi connectivity index (χ3n) is 5.68. The standard InChI is InChI=1S/C18H20ClN5O2/c1-2-26-17(25)14-10-3-5-11(6-4-10)15(14)21-16-13-8-7-12(9-20)24(13)23-18(19)22-16/h7-8,10-11,14-15H,2-6H2,1H3,(H,21,22,23)/t10?,11?,14-,15-/m0/s1. The van der Waals surface area contributed by atoms with E-state index in [0.29, 0.717) is 35.5 Å². The largest absolute Gasteiger partial charge is 0.466 e. The van der Waals surface area contributed by atoms with Gasteiger partial charge in [-0.15, -0.1) is 5.10 Å². The zero-order valence-corrected chi connectivity index (χ0v) is 15.2. The average Bonchev–Trinajstić information content (AvgIpc) is 3.05. The first-order valence-electron chi connectivity index (χ1n) is 9.01. The lowest BCUT2D eigenvalue weighted by Crippen LogP contribution is -2.52. The molecule has 5 rings (SSSR count). The maximum atomic E-state index is 12.6. The van der Waals surface area contributed by atoms with Crippen LogP contribution >= 0.6 is 11.6 Å². The third-order valence-corrected chi connectivity index (χ3v) is 5.84. The number of esters is 1. The Morgan fingerprint density at radius 3 is 2.81 bits per heavy atom. The van der Waals surface area contributed by atoms with Gasteiger partial charge in [-0.25, -0.2) is 4.52 Å². The Hall–Kier alpha value is -2.33. The molecule has 26 heavy (non-hydrogen) atoms. The van der Waals surface area contributed by atoms with Crippen LogP contribution in [0.15, 0.2) is 12.1 Å². The van der Waals surface area contributed by atoms with Crippen molar-refractivity contribution in [3.63, 3.8) is 0 Å². The number of carbonyl (C=O) groups excluding carboxylic acids is 1. The van der Waals surface area contributed by atoms with E-state index in [0.717, 1.165) is 25.7 Å². The van der Waals surface area contributed by atoms with Crippen LogP contribution in [-0.2, 0) is 9.53 Å². The molecule has 1 N–H and O–H groups in total. The Labute approximate surface area is 156 Å². The maximum absolute atomic E-state index is 12.6. The number of anilines is 1. The summed E-state index contributed by atoms with van der Waals surface area (Å²) in [6.45, 7) is 2.21. The van der Waals surface area contributed by atoms with Crippen LogP contribution < -0.4 is 5.32 Å². The van der Waals surface area contributed by atoms with E-state index in [1.165, 1.54) is 4.52 Å². The fourth-order valence-corrected chi connectivity index (χ4v) is 4.71. The number of fused-ring (bicyclic) bond motifs is 4.